The van der Waals surface area contributed by atoms with Crippen LogP contribution in [0.15, 0.2) is 24.4 Å². The number of benzene rings is 1. The first-order valence-corrected chi connectivity index (χ1v) is 6.53. The number of carbonyl (C=O) groups excluding carboxylic acids is 1. The monoisotopic (exact) mass is 317 g/mol. The molecule has 0 saturated heterocycles. The van der Waals surface area contributed by atoms with E-state index in [1.807, 2.05) is 6.07 Å². The molecule has 2 aromatic rings. The number of nitrogens with one attached hydrogen (secondary N) is 1. The second-order valence-corrected chi connectivity index (χ2v) is 5.19. The third-order valence-electron chi connectivity index (χ3n) is 2.36. The summed E-state index contributed by atoms with van der Waals surface area (Å²) in [4.78, 5) is 11.0. The summed E-state index contributed by atoms with van der Waals surface area (Å²) in [7, 11) is 0. The number of nitrogens with zero attached hydrogens (tertiary/aromatic N) is 2. The van der Waals surface area contributed by atoms with Gasteiger partial charge in [-0.1, -0.05) is 40.9 Å². The van der Waals surface area contributed by atoms with E-state index in [9.17, 15) is 4.79 Å². The van der Waals surface area contributed by atoms with Gasteiger partial charge in [-0.25, -0.2) is 0 Å². The van der Waals surface area contributed by atoms with E-state index >= 15 is 0 Å². The Balaban J connectivity index is 2.21. The number of halogens is 3. The van der Waals surface area contributed by atoms with Crippen molar-refractivity contribution >= 4 is 46.5 Å². The van der Waals surface area contributed by atoms with Crippen molar-refractivity contribution in [1.29, 1.82) is 0 Å². The fraction of sp³-hybridized carbons (Fsp3) is 0.167. The van der Waals surface area contributed by atoms with E-state index < -0.39 is 0 Å². The maximum atomic E-state index is 11.0. The summed E-state index contributed by atoms with van der Waals surface area (Å²) in [5, 5.41) is 8.22. The lowest BCUT2D eigenvalue weighted by Gasteiger charge is -2.04. The van der Waals surface area contributed by atoms with Crippen LogP contribution in [0, 0.1) is 0 Å². The average Bonchev–Trinajstić information content (AvgIpc) is 2.62. The van der Waals surface area contributed by atoms with E-state index in [-0.39, 0.29) is 5.91 Å². The molecule has 1 N–H and O–H groups in total. The zero-order chi connectivity index (χ0) is 14.0. The van der Waals surface area contributed by atoms with Crippen LogP contribution in [0.3, 0.4) is 0 Å². The van der Waals surface area contributed by atoms with Crippen LogP contribution < -0.4 is 5.32 Å². The molecule has 2 rings (SSSR count). The van der Waals surface area contributed by atoms with Gasteiger partial charge in [-0.15, -0.1) is 0 Å². The Morgan fingerprint density at radius 1 is 1.32 bits per heavy atom. The number of aromatic nitrogens is 2. The highest BCUT2D eigenvalue weighted by atomic mass is 35.5. The average molecular weight is 319 g/mol. The maximum absolute atomic E-state index is 11.0. The van der Waals surface area contributed by atoms with Crippen LogP contribution >= 0.6 is 34.8 Å². The van der Waals surface area contributed by atoms with Crippen molar-refractivity contribution in [2.75, 3.05) is 5.32 Å². The fourth-order valence-corrected chi connectivity index (χ4v) is 2.22. The molecule has 19 heavy (non-hydrogen) atoms. The van der Waals surface area contributed by atoms with Crippen LogP contribution in [-0.2, 0) is 11.3 Å². The highest BCUT2D eigenvalue weighted by Crippen LogP contribution is 2.24. The van der Waals surface area contributed by atoms with Crippen LogP contribution in [0.25, 0.3) is 0 Å². The third kappa shape index (κ3) is 3.62. The number of hydrogen-bond acceptors (Lipinski definition) is 2. The molecule has 0 saturated carbocycles. The molecule has 100 valence electrons. The molecule has 0 atom stereocenters. The second kappa shape index (κ2) is 5.82. The van der Waals surface area contributed by atoms with Gasteiger partial charge in [0.1, 0.15) is 5.02 Å². The van der Waals surface area contributed by atoms with Gasteiger partial charge < -0.3 is 5.32 Å². The standard InChI is InChI=1S/C12H10Cl3N3O/c1-7(19)16-12-11(15)6-18(17-12)5-8-2-3-9(13)4-10(8)14/h2-4,6H,5H2,1H3,(H,16,17,19). The first-order valence-electron chi connectivity index (χ1n) is 5.40. The summed E-state index contributed by atoms with van der Waals surface area (Å²) in [6, 6.07) is 5.24. The van der Waals surface area contributed by atoms with Crippen LogP contribution in [0.4, 0.5) is 5.82 Å². The van der Waals surface area contributed by atoms with Crippen molar-refractivity contribution in [3.63, 3.8) is 0 Å². The van der Waals surface area contributed by atoms with Gasteiger partial charge in [0, 0.05) is 23.2 Å². The highest BCUT2D eigenvalue weighted by molar-refractivity contribution is 6.35. The van der Waals surface area contributed by atoms with Crippen LogP contribution in [0.2, 0.25) is 15.1 Å². The molecule has 0 radical (unpaired) electrons. The number of amides is 1. The Kier molecular flexibility index (Phi) is 4.34. The SMILES string of the molecule is CC(=O)Nc1nn(Cc2ccc(Cl)cc2Cl)cc1Cl. The van der Waals surface area contributed by atoms with Crippen LogP contribution in [-0.4, -0.2) is 15.7 Å². The van der Waals surface area contributed by atoms with Crippen molar-refractivity contribution in [3.8, 4) is 0 Å². The molecule has 0 fully saturated rings. The first kappa shape index (κ1) is 14.2. The van der Waals surface area contributed by atoms with Gasteiger partial charge in [0.25, 0.3) is 0 Å². The van der Waals surface area contributed by atoms with Gasteiger partial charge in [-0.2, -0.15) is 5.10 Å². The molecule has 0 aliphatic rings. The second-order valence-electron chi connectivity index (χ2n) is 3.94. The first-order chi connectivity index (χ1) is 8.95. The van der Waals surface area contributed by atoms with Crippen LogP contribution in [0.5, 0.6) is 0 Å². The summed E-state index contributed by atoms with van der Waals surface area (Å²) in [5.41, 5.74) is 0.861. The molecule has 7 heteroatoms. The minimum atomic E-state index is -0.225. The number of hydrogen-bond donors (Lipinski definition) is 1. The van der Waals surface area contributed by atoms with Crippen molar-refractivity contribution in [2.24, 2.45) is 0 Å². The largest absolute Gasteiger partial charge is 0.308 e. The molecule has 0 aliphatic carbocycles. The summed E-state index contributed by atoms with van der Waals surface area (Å²) in [6.07, 6.45) is 1.62. The Labute approximate surface area is 125 Å². The molecule has 1 amide bonds. The Bertz CT molecular complexity index is 625. The lowest BCUT2D eigenvalue weighted by molar-refractivity contribution is -0.114. The highest BCUT2D eigenvalue weighted by Gasteiger charge is 2.09. The Morgan fingerprint density at radius 2 is 2.05 bits per heavy atom. The molecule has 1 aromatic carbocycles. The smallest absolute Gasteiger partial charge is 0.222 e. The van der Waals surface area contributed by atoms with E-state index in [1.54, 1.807) is 23.0 Å². The Hall–Kier alpha value is -1.23. The van der Waals surface area contributed by atoms with Gasteiger partial charge >= 0.3 is 0 Å². The lowest BCUT2D eigenvalue weighted by Crippen LogP contribution is -2.08. The van der Waals surface area contributed by atoms with E-state index in [2.05, 4.69) is 10.4 Å². The molecule has 0 spiro atoms. The van der Waals surface area contributed by atoms with Gasteiger partial charge in [0.05, 0.1) is 6.54 Å². The van der Waals surface area contributed by atoms with E-state index in [0.29, 0.717) is 27.4 Å². The molecular formula is C12H10Cl3N3O. The molecule has 0 aliphatic heterocycles. The quantitative estimate of drug-likeness (QED) is 0.934. The zero-order valence-electron chi connectivity index (χ0n) is 9.95. The number of carbonyl (C=O) groups is 1. The molecule has 4 nitrogen and oxygen atoms in total. The van der Waals surface area contributed by atoms with Crippen molar-refractivity contribution in [1.82, 2.24) is 9.78 Å². The molecule has 1 aromatic heterocycles. The normalized spacial score (nSPS) is 10.5. The summed E-state index contributed by atoms with van der Waals surface area (Å²) in [5.74, 6) is 0.107. The van der Waals surface area contributed by atoms with Crippen molar-refractivity contribution < 1.29 is 4.79 Å². The maximum Gasteiger partial charge on any atom is 0.222 e. The van der Waals surface area contributed by atoms with Crippen molar-refractivity contribution in [2.45, 2.75) is 13.5 Å². The van der Waals surface area contributed by atoms with Gasteiger partial charge in [-0.05, 0) is 17.7 Å². The number of anilines is 1. The predicted molar refractivity (Wildman–Crippen MR) is 77.1 cm³/mol. The molecule has 0 unspecified atom stereocenters. The minimum Gasteiger partial charge on any atom is -0.308 e. The van der Waals surface area contributed by atoms with E-state index in [0.717, 1.165) is 5.56 Å². The minimum absolute atomic E-state index is 0.225. The Morgan fingerprint density at radius 3 is 2.68 bits per heavy atom. The molecule has 0 bridgehead atoms. The van der Waals surface area contributed by atoms with Crippen molar-refractivity contribution in [3.05, 3.63) is 45.0 Å². The fourth-order valence-electron chi connectivity index (χ4n) is 1.55. The van der Waals surface area contributed by atoms with Gasteiger partial charge in [-0.3, -0.25) is 9.48 Å². The zero-order valence-corrected chi connectivity index (χ0v) is 12.2. The third-order valence-corrected chi connectivity index (χ3v) is 3.22. The lowest BCUT2D eigenvalue weighted by atomic mass is 10.2. The topological polar surface area (TPSA) is 46.9 Å². The van der Waals surface area contributed by atoms with Gasteiger partial charge in [0.15, 0.2) is 5.82 Å². The number of rotatable bonds is 3. The summed E-state index contributed by atoms with van der Waals surface area (Å²) >= 11 is 17.9. The molecule has 1 heterocycles. The van der Waals surface area contributed by atoms with E-state index in [1.165, 1.54) is 6.92 Å². The summed E-state index contributed by atoms with van der Waals surface area (Å²) in [6.45, 7) is 1.83. The predicted octanol–water partition coefficient (Wildman–Crippen LogP) is 3.85. The summed E-state index contributed by atoms with van der Waals surface area (Å²) < 4.78 is 1.60. The van der Waals surface area contributed by atoms with Crippen LogP contribution in [0.1, 0.15) is 12.5 Å². The van der Waals surface area contributed by atoms with E-state index in [4.69, 9.17) is 34.8 Å². The molecular weight excluding hydrogens is 309 g/mol. The van der Waals surface area contributed by atoms with Gasteiger partial charge in [0.2, 0.25) is 5.91 Å².